The number of aryl methyl sites for hydroxylation is 1. The van der Waals surface area contributed by atoms with Crippen LogP contribution in [0.25, 0.3) is 11.5 Å². The molecule has 2 aromatic heterocycles. The molecule has 1 amide bonds. The van der Waals surface area contributed by atoms with Crippen molar-refractivity contribution < 1.29 is 13.6 Å². The number of carbonyl (C=O) groups excluding carboxylic acids is 1. The first-order chi connectivity index (χ1) is 11.0. The van der Waals surface area contributed by atoms with Crippen molar-refractivity contribution in [3.63, 3.8) is 0 Å². The Labute approximate surface area is 140 Å². The Morgan fingerprint density at radius 1 is 1.39 bits per heavy atom. The van der Waals surface area contributed by atoms with Gasteiger partial charge in [0.25, 0.3) is 5.91 Å². The topological polar surface area (TPSA) is 55.1 Å². The maximum absolute atomic E-state index is 13.0. The van der Waals surface area contributed by atoms with Gasteiger partial charge in [0.1, 0.15) is 17.3 Å². The molecule has 23 heavy (non-hydrogen) atoms. The fourth-order valence-corrected chi connectivity index (χ4v) is 2.88. The van der Waals surface area contributed by atoms with Gasteiger partial charge in [0.2, 0.25) is 0 Å². The molecule has 118 valence electrons. The number of amides is 1. The van der Waals surface area contributed by atoms with Gasteiger partial charge in [-0.3, -0.25) is 4.79 Å². The lowest BCUT2D eigenvalue weighted by atomic mass is 10.2. The quantitative estimate of drug-likeness (QED) is 0.757. The average molecular weight is 351 g/mol. The zero-order chi connectivity index (χ0) is 16.4. The first-order valence-corrected chi connectivity index (χ1v) is 8.03. The van der Waals surface area contributed by atoms with Gasteiger partial charge in [-0.15, -0.1) is 11.3 Å². The molecular formula is C16H12ClFN2O2S. The summed E-state index contributed by atoms with van der Waals surface area (Å²) in [5.41, 5.74) is 0.988. The third-order valence-electron chi connectivity index (χ3n) is 3.13. The number of hydrogen-bond donors (Lipinski definition) is 1. The number of nitrogens with zero attached hydrogens (tertiary/aromatic N) is 1. The third-order valence-corrected chi connectivity index (χ3v) is 4.22. The van der Waals surface area contributed by atoms with E-state index in [1.165, 1.54) is 12.1 Å². The van der Waals surface area contributed by atoms with Gasteiger partial charge >= 0.3 is 0 Å². The third kappa shape index (κ3) is 3.60. The van der Waals surface area contributed by atoms with Crippen molar-refractivity contribution in [2.75, 3.05) is 0 Å². The van der Waals surface area contributed by atoms with Crippen molar-refractivity contribution in [1.29, 1.82) is 0 Å². The maximum Gasteiger partial charge on any atom is 0.253 e. The largest absolute Gasteiger partial charge is 0.458 e. The lowest BCUT2D eigenvalue weighted by Crippen LogP contribution is -2.22. The standard InChI is InChI=1S/C16H12ClFN2O2S/c1-9-20-14(8-23-9)15-5-3-11(22-15)7-19-16(21)12-4-2-10(18)6-13(12)17/h2-6,8H,7H2,1H3,(H,19,21). The van der Waals surface area contributed by atoms with Crippen LogP contribution >= 0.6 is 22.9 Å². The van der Waals surface area contributed by atoms with E-state index in [4.69, 9.17) is 16.0 Å². The van der Waals surface area contributed by atoms with Crippen LogP contribution in [0.15, 0.2) is 40.1 Å². The first kappa shape index (κ1) is 15.7. The second-order valence-corrected chi connectivity index (χ2v) is 6.29. The number of hydrogen-bond acceptors (Lipinski definition) is 4. The molecule has 0 unspecified atom stereocenters. The van der Waals surface area contributed by atoms with E-state index in [-0.39, 0.29) is 17.1 Å². The number of rotatable bonds is 4. The molecule has 0 fully saturated rings. The summed E-state index contributed by atoms with van der Waals surface area (Å²) in [4.78, 5) is 16.4. The summed E-state index contributed by atoms with van der Waals surface area (Å²) in [6, 6.07) is 7.22. The fourth-order valence-electron chi connectivity index (χ4n) is 2.02. The zero-order valence-corrected chi connectivity index (χ0v) is 13.7. The van der Waals surface area contributed by atoms with Crippen LogP contribution in [0.1, 0.15) is 21.1 Å². The second-order valence-electron chi connectivity index (χ2n) is 4.82. The van der Waals surface area contributed by atoms with E-state index in [0.717, 1.165) is 16.8 Å². The van der Waals surface area contributed by atoms with Crippen molar-refractivity contribution in [1.82, 2.24) is 10.3 Å². The minimum atomic E-state index is -0.485. The number of halogens is 2. The van der Waals surface area contributed by atoms with Crippen LogP contribution in [0.4, 0.5) is 4.39 Å². The van der Waals surface area contributed by atoms with Crippen LogP contribution in [0.3, 0.4) is 0 Å². The fraction of sp³-hybridized carbons (Fsp3) is 0.125. The first-order valence-electron chi connectivity index (χ1n) is 6.77. The number of thiazole rings is 1. The van der Waals surface area contributed by atoms with Crippen molar-refractivity contribution in [2.24, 2.45) is 0 Å². The normalized spacial score (nSPS) is 10.7. The minimum Gasteiger partial charge on any atom is -0.458 e. The molecule has 4 nitrogen and oxygen atoms in total. The van der Waals surface area contributed by atoms with E-state index in [1.807, 2.05) is 12.3 Å². The number of carbonyl (C=O) groups is 1. The van der Waals surface area contributed by atoms with Crippen molar-refractivity contribution in [2.45, 2.75) is 13.5 Å². The Morgan fingerprint density at radius 3 is 2.91 bits per heavy atom. The van der Waals surface area contributed by atoms with Crippen LogP contribution < -0.4 is 5.32 Å². The molecule has 0 aliphatic rings. The van der Waals surface area contributed by atoms with Gasteiger partial charge in [-0.05, 0) is 37.3 Å². The molecule has 3 aromatic rings. The van der Waals surface area contributed by atoms with E-state index < -0.39 is 11.7 Å². The molecule has 0 radical (unpaired) electrons. The van der Waals surface area contributed by atoms with Crippen molar-refractivity contribution in [3.8, 4) is 11.5 Å². The number of furan rings is 1. The smallest absolute Gasteiger partial charge is 0.253 e. The van der Waals surface area contributed by atoms with E-state index in [1.54, 1.807) is 23.5 Å². The van der Waals surface area contributed by atoms with Gasteiger partial charge in [-0.25, -0.2) is 9.37 Å². The summed E-state index contributed by atoms with van der Waals surface area (Å²) in [6.45, 7) is 2.13. The Balaban J connectivity index is 1.66. The molecule has 7 heteroatoms. The number of nitrogens with one attached hydrogen (secondary N) is 1. The summed E-state index contributed by atoms with van der Waals surface area (Å²) >= 11 is 7.40. The zero-order valence-electron chi connectivity index (χ0n) is 12.1. The summed E-state index contributed by atoms with van der Waals surface area (Å²) in [5, 5.41) is 5.63. The van der Waals surface area contributed by atoms with E-state index in [0.29, 0.717) is 11.5 Å². The predicted octanol–water partition coefficient (Wildman–Crippen LogP) is 4.43. The van der Waals surface area contributed by atoms with Crippen LogP contribution in [-0.4, -0.2) is 10.9 Å². The molecule has 0 atom stereocenters. The Hall–Kier alpha value is -2.18. The van der Waals surface area contributed by atoms with E-state index in [2.05, 4.69) is 10.3 Å². The molecule has 0 aliphatic heterocycles. The highest BCUT2D eigenvalue weighted by atomic mass is 35.5. The molecule has 0 saturated carbocycles. The molecule has 2 heterocycles. The van der Waals surface area contributed by atoms with Gasteiger partial charge in [0, 0.05) is 5.38 Å². The molecular weight excluding hydrogens is 339 g/mol. The monoisotopic (exact) mass is 350 g/mol. The summed E-state index contributed by atoms with van der Waals surface area (Å²) in [5.74, 6) is 0.369. The predicted molar refractivity (Wildman–Crippen MR) is 87.1 cm³/mol. The van der Waals surface area contributed by atoms with Gasteiger partial charge in [0.05, 0.1) is 22.1 Å². The summed E-state index contributed by atoms with van der Waals surface area (Å²) < 4.78 is 18.6. The van der Waals surface area contributed by atoms with Gasteiger partial charge in [0.15, 0.2) is 5.76 Å². The van der Waals surface area contributed by atoms with E-state index in [9.17, 15) is 9.18 Å². The highest BCUT2D eigenvalue weighted by Gasteiger charge is 2.12. The second kappa shape index (κ2) is 6.52. The van der Waals surface area contributed by atoms with Crippen LogP contribution in [0.2, 0.25) is 5.02 Å². The lowest BCUT2D eigenvalue weighted by Gasteiger charge is -2.05. The van der Waals surface area contributed by atoms with Crippen molar-refractivity contribution in [3.05, 3.63) is 62.9 Å². The van der Waals surface area contributed by atoms with Crippen molar-refractivity contribution >= 4 is 28.8 Å². The van der Waals surface area contributed by atoms with Gasteiger partial charge < -0.3 is 9.73 Å². The number of aromatic nitrogens is 1. The molecule has 3 rings (SSSR count). The minimum absolute atomic E-state index is 0.0700. The average Bonchev–Trinajstić information content (AvgIpc) is 3.13. The SMILES string of the molecule is Cc1nc(-c2ccc(CNC(=O)c3ccc(F)cc3Cl)o2)cs1. The molecule has 0 aliphatic carbocycles. The Morgan fingerprint density at radius 2 is 2.22 bits per heavy atom. The summed E-state index contributed by atoms with van der Waals surface area (Å²) in [6.07, 6.45) is 0. The molecule has 1 N–H and O–H groups in total. The lowest BCUT2D eigenvalue weighted by molar-refractivity contribution is 0.0948. The molecule has 1 aromatic carbocycles. The Kier molecular flexibility index (Phi) is 4.45. The molecule has 0 saturated heterocycles. The Bertz CT molecular complexity index is 859. The molecule has 0 bridgehead atoms. The van der Waals surface area contributed by atoms with E-state index >= 15 is 0 Å². The van der Waals surface area contributed by atoms with Crippen LogP contribution in [0, 0.1) is 12.7 Å². The maximum atomic E-state index is 13.0. The van der Waals surface area contributed by atoms with Gasteiger partial charge in [-0.1, -0.05) is 11.6 Å². The highest BCUT2D eigenvalue weighted by Crippen LogP contribution is 2.24. The van der Waals surface area contributed by atoms with Crippen LogP contribution in [0.5, 0.6) is 0 Å². The summed E-state index contributed by atoms with van der Waals surface area (Å²) in [7, 11) is 0. The van der Waals surface area contributed by atoms with Crippen LogP contribution in [-0.2, 0) is 6.54 Å². The number of benzene rings is 1. The highest BCUT2D eigenvalue weighted by molar-refractivity contribution is 7.09. The molecule has 0 spiro atoms. The van der Waals surface area contributed by atoms with Gasteiger partial charge in [-0.2, -0.15) is 0 Å².